The van der Waals surface area contributed by atoms with Crippen LogP contribution in [0.1, 0.15) is 31.4 Å². The maximum Gasteiger partial charge on any atom is 0.156 e. The summed E-state index contributed by atoms with van der Waals surface area (Å²) in [7, 11) is 0. The van der Waals surface area contributed by atoms with Gasteiger partial charge in [0.15, 0.2) is 5.75 Å². The molecular formula is C23H25Cl4NO3. The Hall–Kier alpha value is -1.59. The van der Waals surface area contributed by atoms with E-state index in [-0.39, 0.29) is 11.1 Å². The van der Waals surface area contributed by atoms with Gasteiger partial charge in [0, 0.05) is 12.1 Å². The van der Waals surface area contributed by atoms with Crippen molar-refractivity contribution in [2.45, 2.75) is 26.7 Å². The maximum absolute atomic E-state index is 6.28. The van der Waals surface area contributed by atoms with E-state index >= 15 is 0 Å². The van der Waals surface area contributed by atoms with Gasteiger partial charge in [0.25, 0.3) is 0 Å². The summed E-state index contributed by atoms with van der Waals surface area (Å²) in [6.07, 6.45) is 4.92. The van der Waals surface area contributed by atoms with Crippen molar-refractivity contribution in [2.75, 3.05) is 19.8 Å². The zero-order valence-corrected chi connectivity index (χ0v) is 20.4. The van der Waals surface area contributed by atoms with Gasteiger partial charge in [0.05, 0.1) is 22.9 Å². The minimum absolute atomic E-state index is 0.135. The van der Waals surface area contributed by atoms with Crippen LogP contribution < -0.4 is 9.47 Å². The van der Waals surface area contributed by atoms with E-state index in [1.165, 1.54) is 11.6 Å². The molecule has 0 saturated heterocycles. The zero-order chi connectivity index (χ0) is 22.6. The maximum atomic E-state index is 6.28. The van der Waals surface area contributed by atoms with Crippen molar-refractivity contribution >= 4 is 52.6 Å². The van der Waals surface area contributed by atoms with Crippen LogP contribution >= 0.6 is 46.4 Å². The van der Waals surface area contributed by atoms with Gasteiger partial charge < -0.3 is 14.3 Å². The zero-order valence-electron chi connectivity index (χ0n) is 17.4. The predicted molar refractivity (Wildman–Crippen MR) is 130 cm³/mol. The van der Waals surface area contributed by atoms with Gasteiger partial charge in [-0.05, 0) is 36.0 Å². The number of ether oxygens (including phenoxy) is 2. The van der Waals surface area contributed by atoms with Crippen LogP contribution in [0.5, 0.6) is 11.5 Å². The Balaban J connectivity index is 1.78. The molecule has 8 heteroatoms. The van der Waals surface area contributed by atoms with E-state index in [1.807, 2.05) is 12.1 Å². The van der Waals surface area contributed by atoms with Gasteiger partial charge in [-0.25, -0.2) is 0 Å². The van der Waals surface area contributed by atoms with Crippen LogP contribution in [-0.4, -0.2) is 26.0 Å². The van der Waals surface area contributed by atoms with E-state index in [4.69, 9.17) is 60.7 Å². The summed E-state index contributed by atoms with van der Waals surface area (Å²) >= 11 is 23.7. The molecule has 0 N–H and O–H groups in total. The molecule has 0 heterocycles. The van der Waals surface area contributed by atoms with E-state index in [9.17, 15) is 0 Å². The van der Waals surface area contributed by atoms with Crippen molar-refractivity contribution in [1.29, 1.82) is 0 Å². The quantitative estimate of drug-likeness (QED) is 0.169. The molecule has 0 bridgehead atoms. The number of rotatable bonds is 12. The van der Waals surface area contributed by atoms with Crippen molar-refractivity contribution < 1.29 is 14.3 Å². The molecule has 0 aliphatic heterocycles. The van der Waals surface area contributed by atoms with Crippen LogP contribution in [0.2, 0.25) is 10.0 Å². The fourth-order valence-electron chi connectivity index (χ4n) is 2.47. The van der Waals surface area contributed by atoms with Gasteiger partial charge in [-0.3, -0.25) is 0 Å². The molecule has 0 unspecified atom stereocenters. The highest BCUT2D eigenvalue weighted by molar-refractivity contribution is 6.55. The van der Waals surface area contributed by atoms with Crippen molar-refractivity contribution in [2.24, 2.45) is 11.1 Å². The number of benzene rings is 2. The minimum Gasteiger partial charge on any atom is -0.490 e. The Kier molecular flexibility index (Phi) is 11.4. The van der Waals surface area contributed by atoms with E-state index in [2.05, 4.69) is 31.1 Å². The SMILES string of the molecule is CC(C)CO/N=C/c1ccc(CCCOc2c(Cl)cc(OCC=C(Cl)Cl)cc2Cl)cc1. The molecule has 0 aromatic heterocycles. The number of nitrogens with zero attached hydrogens (tertiary/aromatic N) is 1. The largest absolute Gasteiger partial charge is 0.490 e. The number of halogens is 4. The fourth-order valence-corrected chi connectivity index (χ4v) is 3.17. The van der Waals surface area contributed by atoms with E-state index in [0.717, 1.165) is 18.4 Å². The first kappa shape index (κ1) is 25.7. The lowest BCUT2D eigenvalue weighted by Crippen LogP contribution is -2.01. The monoisotopic (exact) mass is 503 g/mol. The van der Waals surface area contributed by atoms with E-state index in [0.29, 0.717) is 40.7 Å². The molecule has 31 heavy (non-hydrogen) atoms. The third-order valence-electron chi connectivity index (χ3n) is 3.98. The Labute approximate surface area is 203 Å². The highest BCUT2D eigenvalue weighted by Crippen LogP contribution is 2.37. The summed E-state index contributed by atoms with van der Waals surface area (Å²) in [6.45, 7) is 5.47. The average Bonchev–Trinajstić information content (AvgIpc) is 2.70. The van der Waals surface area contributed by atoms with Crippen LogP contribution in [0, 0.1) is 5.92 Å². The number of hydrogen-bond donors (Lipinski definition) is 0. The van der Waals surface area contributed by atoms with Crippen LogP contribution in [-0.2, 0) is 11.3 Å². The molecule has 0 radical (unpaired) electrons. The summed E-state index contributed by atoms with van der Waals surface area (Å²) in [5.41, 5.74) is 2.20. The van der Waals surface area contributed by atoms with Crippen LogP contribution in [0.15, 0.2) is 52.1 Å². The standard InChI is InChI=1S/C23H25Cl4NO3/c1-16(2)15-31-28-14-18-7-5-17(6-8-18)4-3-10-30-23-20(24)12-19(13-21(23)25)29-11-9-22(26)27/h5-9,12-14,16H,3-4,10-11,15H2,1-2H3/b28-14+. The summed E-state index contributed by atoms with van der Waals surface area (Å²) in [5, 5.41) is 4.74. The second-order valence-electron chi connectivity index (χ2n) is 7.14. The predicted octanol–water partition coefficient (Wildman–Crippen LogP) is 7.71. The molecule has 168 valence electrons. The molecule has 0 spiro atoms. The molecule has 0 aliphatic rings. The topological polar surface area (TPSA) is 40.0 Å². The molecule has 0 saturated carbocycles. The number of oxime groups is 1. The molecule has 2 aromatic rings. The summed E-state index contributed by atoms with van der Waals surface area (Å²) < 4.78 is 11.4. The van der Waals surface area contributed by atoms with Crippen LogP contribution in [0.3, 0.4) is 0 Å². The highest BCUT2D eigenvalue weighted by atomic mass is 35.5. The third-order valence-corrected chi connectivity index (χ3v) is 4.85. The second-order valence-corrected chi connectivity index (χ2v) is 8.96. The molecule has 2 aromatic carbocycles. The van der Waals surface area contributed by atoms with Crippen molar-refractivity contribution in [3.05, 3.63) is 68.1 Å². The molecule has 4 nitrogen and oxygen atoms in total. The van der Waals surface area contributed by atoms with Crippen LogP contribution in [0.4, 0.5) is 0 Å². The van der Waals surface area contributed by atoms with Gasteiger partial charge in [-0.15, -0.1) is 0 Å². The lowest BCUT2D eigenvalue weighted by atomic mass is 10.1. The van der Waals surface area contributed by atoms with Gasteiger partial charge in [-0.2, -0.15) is 0 Å². The molecule has 0 fully saturated rings. The third kappa shape index (κ3) is 10.0. The number of hydrogen-bond acceptors (Lipinski definition) is 4. The van der Waals surface area contributed by atoms with E-state index in [1.54, 1.807) is 18.3 Å². The van der Waals surface area contributed by atoms with Gasteiger partial charge in [-0.1, -0.05) is 89.7 Å². The first-order valence-electron chi connectivity index (χ1n) is 9.85. The van der Waals surface area contributed by atoms with Crippen LogP contribution in [0.25, 0.3) is 0 Å². The van der Waals surface area contributed by atoms with Crippen molar-refractivity contribution in [3.8, 4) is 11.5 Å². The minimum atomic E-state index is 0.135. The molecule has 2 rings (SSSR count). The normalized spacial score (nSPS) is 11.1. The molecule has 0 atom stereocenters. The first-order chi connectivity index (χ1) is 14.8. The Morgan fingerprint density at radius 2 is 1.71 bits per heavy atom. The Morgan fingerprint density at radius 3 is 2.32 bits per heavy atom. The smallest absolute Gasteiger partial charge is 0.156 e. The summed E-state index contributed by atoms with van der Waals surface area (Å²) in [6, 6.07) is 11.4. The Bertz CT molecular complexity index is 856. The van der Waals surface area contributed by atoms with Crippen molar-refractivity contribution in [1.82, 2.24) is 0 Å². The highest BCUT2D eigenvalue weighted by Gasteiger charge is 2.10. The Morgan fingerprint density at radius 1 is 1.03 bits per heavy atom. The van der Waals surface area contributed by atoms with Gasteiger partial charge >= 0.3 is 0 Å². The van der Waals surface area contributed by atoms with Gasteiger partial charge in [0.1, 0.15) is 23.5 Å². The lowest BCUT2D eigenvalue weighted by molar-refractivity contribution is 0.120. The number of aryl methyl sites for hydroxylation is 1. The molecular weight excluding hydrogens is 480 g/mol. The molecule has 0 aliphatic carbocycles. The fraction of sp³-hybridized carbons (Fsp3) is 0.348. The first-order valence-corrected chi connectivity index (χ1v) is 11.4. The van der Waals surface area contributed by atoms with E-state index < -0.39 is 0 Å². The average molecular weight is 505 g/mol. The summed E-state index contributed by atoms with van der Waals surface area (Å²) in [5.74, 6) is 1.40. The second kappa shape index (κ2) is 13.7. The van der Waals surface area contributed by atoms with Crippen molar-refractivity contribution in [3.63, 3.8) is 0 Å². The summed E-state index contributed by atoms with van der Waals surface area (Å²) in [4.78, 5) is 5.22. The van der Waals surface area contributed by atoms with Gasteiger partial charge in [0.2, 0.25) is 0 Å². The molecule has 0 amide bonds. The lowest BCUT2D eigenvalue weighted by Gasteiger charge is -2.12.